The molecule has 1 aliphatic heterocycles. The second-order valence-corrected chi connectivity index (χ2v) is 5.46. The second kappa shape index (κ2) is 7.58. The van der Waals surface area contributed by atoms with E-state index in [2.05, 4.69) is 15.1 Å². The Morgan fingerprint density at radius 1 is 1.31 bits per heavy atom. The van der Waals surface area contributed by atoms with E-state index in [4.69, 9.17) is 20.3 Å². The first-order chi connectivity index (χ1) is 12.5. The minimum atomic E-state index is -1.32. The van der Waals surface area contributed by atoms with Crippen molar-refractivity contribution >= 4 is 11.9 Å². The number of carbonyl (C=O) groups is 1. The van der Waals surface area contributed by atoms with Gasteiger partial charge in [0, 0.05) is 0 Å². The molecule has 2 heterocycles. The Morgan fingerprint density at radius 2 is 2.04 bits per heavy atom. The van der Waals surface area contributed by atoms with E-state index in [1.807, 2.05) is 0 Å². The fourth-order valence-corrected chi connectivity index (χ4v) is 2.37. The Morgan fingerprint density at radius 3 is 2.69 bits per heavy atom. The molecule has 138 valence electrons. The Hall–Kier alpha value is -2.86. The standard InChI is InChI=1S/C15H17N5O6/c16-12(18-15(24)25-8-4-2-1-3-5-8)13-17-7-20(19-13)14-11(23)10(22)9(6-21)26-14/h1-5,7,9-11,14,21-23H,6H2,(H2,16,18,24). The van der Waals surface area contributed by atoms with Crippen LogP contribution in [0.2, 0.25) is 0 Å². The molecule has 4 unspecified atom stereocenters. The van der Waals surface area contributed by atoms with Gasteiger partial charge in [-0.1, -0.05) is 18.2 Å². The number of benzene rings is 1. The van der Waals surface area contributed by atoms with Gasteiger partial charge in [-0.2, -0.15) is 4.99 Å². The van der Waals surface area contributed by atoms with Gasteiger partial charge in [-0.15, -0.1) is 5.10 Å². The number of hydrogen-bond acceptors (Lipinski definition) is 8. The highest BCUT2D eigenvalue weighted by Crippen LogP contribution is 2.28. The minimum Gasteiger partial charge on any atom is -0.409 e. The fourth-order valence-electron chi connectivity index (χ4n) is 2.37. The van der Waals surface area contributed by atoms with E-state index in [9.17, 15) is 15.0 Å². The van der Waals surface area contributed by atoms with E-state index in [0.29, 0.717) is 5.75 Å². The first kappa shape index (κ1) is 17.9. The van der Waals surface area contributed by atoms with Gasteiger partial charge in [0.1, 0.15) is 30.4 Å². The first-order valence-electron chi connectivity index (χ1n) is 7.64. The normalized spacial score (nSPS) is 26.0. The van der Waals surface area contributed by atoms with Crippen LogP contribution >= 0.6 is 0 Å². The van der Waals surface area contributed by atoms with Crippen molar-refractivity contribution in [3.63, 3.8) is 0 Å². The molecule has 1 fully saturated rings. The second-order valence-electron chi connectivity index (χ2n) is 5.46. The molecular weight excluding hydrogens is 346 g/mol. The Bertz CT molecular complexity index is 795. The highest BCUT2D eigenvalue weighted by Gasteiger charge is 2.44. The Labute approximate surface area is 147 Å². The van der Waals surface area contributed by atoms with Crippen LogP contribution in [0.1, 0.15) is 12.1 Å². The summed E-state index contributed by atoms with van der Waals surface area (Å²) in [5.74, 6) is -0.0803. The lowest BCUT2D eigenvalue weighted by Gasteiger charge is -2.13. The van der Waals surface area contributed by atoms with Gasteiger partial charge in [0.25, 0.3) is 0 Å². The summed E-state index contributed by atoms with van der Waals surface area (Å²) < 4.78 is 11.4. The van der Waals surface area contributed by atoms with Gasteiger partial charge >= 0.3 is 6.09 Å². The molecule has 0 aliphatic carbocycles. The predicted molar refractivity (Wildman–Crippen MR) is 86.2 cm³/mol. The third-order valence-electron chi connectivity index (χ3n) is 3.68. The van der Waals surface area contributed by atoms with Gasteiger partial charge in [0.15, 0.2) is 12.1 Å². The summed E-state index contributed by atoms with van der Waals surface area (Å²) in [6, 6.07) is 8.32. The number of nitrogens with two attached hydrogens (primary N) is 1. The number of carbonyl (C=O) groups excluding carboxylic acids is 1. The maximum Gasteiger partial charge on any atom is 0.441 e. The van der Waals surface area contributed by atoms with Gasteiger partial charge in [-0.3, -0.25) is 0 Å². The third-order valence-corrected chi connectivity index (χ3v) is 3.68. The molecule has 0 radical (unpaired) electrons. The number of hydrogen-bond donors (Lipinski definition) is 4. The average Bonchev–Trinajstić information content (AvgIpc) is 3.22. The number of aliphatic hydroxyl groups is 3. The van der Waals surface area contributed by atoms with Crippen LogP contribution in [0.4, 0.5) is 4.79 Å². The monoisotopic (exact) mass is 363 g/mol. The maximum atomic E-state index is 11.8. The van der Waals surface area contributed by atoms with Gasteiger partial charge in [0.05, 0.1) is 6.61 Å². The molecule has 4 atom stereocenters. The van der Waals surface area contributed by atoms with Crippen LogP contribution < -0.4 is 10.5 Å². The van der Waals surface area contributed by atoms with Crippen molar-refractivity contribution in [1.82, 2.24) is 14.8 Å². The zero-order valence-corrected chi connectivity index (χ0v) is 13.4. The Kier molecular flexibility index (Phi) is 5.23. The van der Waals surface area contributed by atoms with Gasteiger partial charge in [0.2, 0.25) is 5.82 Å². The topological polar surface area (TPSA) is 165 Å². The van der Waals surface area contributed by atoms with Crippen LogP contribution in [-0.2, 0) is 4.74 Å². The lowest BCUT2D eigenvalue weighted by molar-refractivity contribution is -0.0588. The van der Waals surface area contributed by atoms with E-state index < -0.39 is 37.2 Å². The largest absolute Gasteiger partial charge is 0.441 e. The van der Waals surface area contributed by atoms with Crippen LogP contribution in [0.5, 0.6) is 5.75 Å². The molecule has 26 heavy (non-hydrogen) atoms. The zero-order valence-electron chi connectivity index (χ0n) is 13.4. The van der Waals surface area contributed by atoms with Gasteiger partial charge < -0.3 is 30.5 Å². The van der Waals surface area contributed by atoms with Crippen LogP contribution in [0.3, 0.4) is 0 Å². The first-order valence-corrected chi connectivity index (χ1v) is 7.64. The molecule has 0 bridgehead atoms. The van der Waals surface area contributed by atoms with Crippen LogP contribution in [0.15, 0.2) is 41.7 Å². The molecule has 11 nitrogen and oxygen atoms in total. The number of amidine groups is 1. The lowest BCUT2D eigenvalue weighted by Crippen LogP contribution is -2.33. The zero-order chi connectivity index (χ0) is 18.7. The van der Waals surface area contributed by atoms with Crippen LogP contribution in [-0.4, -0.2) is 66.9 Å². The smallest absolute Gasteiger partial charge is 0.409 e. The molecule has 3 rings (SSSR count). The fraction of sp³-hybridized carbons (Fsp3) is 0.333. The number of para-hydroxylation sites is 1. The molecule has 5 N–H and O–H groups in total. The van der Waals surface area contributed by atoms with E-state index >= 15 is 0 Å². The summed E-state index contributed by atoms with van der Waals surface area (Å²) in [4.78, 5) is 19.2. The average molecular weight is 363 g/mol. The van der Waals surface area contributed by atoms with Gasteiger partial charge in [-0.05, 0) is 12.1 Å². The number of aliphatic hydroxyl groups excluding tert-OH is 3. The molecule has 11 heteroatoms. The molecule has 1 aromatic carbocycles. The lowest BCUT2D eigenvalue weighted by atomic mass is 10.1. The van der Waals surface area contributed by atoms with Crippen molar-refractivity contribution in [1.29, 1.82) is 0 Å². The quantitative estimate of drug-likeness (QED) is 0.385. The van der Waals surface area contributed by atoms with Crippen LogP contribution in [0, 0.1) is 0 Å². The van der Waals surface area contributed by atoms with Crippen molar-refractivity contribution in [2.75, 3.05) is 6.61 Å². The van der Waals surface area contributed by atoms with Crippen LogP contribution in [0.25, 0.3) is 0 Å². The van der Waals surface area contributed by atoms with E-state index in [-0.39, 0.29) is 11.7 Å². The highest BCUT2D eigenvalue weighted by atomic mass is 16.6. The number of rotatable bonds is 4. The predicted octanol–water partition coefficient (Wildman–Crippen LogP) is -1.21. The third kappa shape index (κ3) is 3.70. The van der Waals surface area contributed by atoms with Crippen molar-refractivity contribution < 1.29 is 29.6 Å². The van der Waals surface area contributed by atoms with Crippen molar-refractivity contribution in [3.05, 3.63) is 42.5 Å². The molecule has 0 spiro atoms. The van der Waals surface area contributed by atoms with E-state index in [0.717, 1.165) is 4.68 Å². The molecule has 1 aliphatic rings. The van der Waals surface area contributed by atoms with Crippen molar-refractivity contribution in [2.45, 2.75) is 24.5 Å². The summed E-state index contributed by atoms with van der Waals surface area (Å²) in [5, 5.41) is 32.8. The highest BCUT2D eigenvalue weighted by molar-refractivity contribution is 6.00. The van der Waals surface area contributed by atoms with Crippen molar-refractivity contribution in [2.24, 2.45) is 10.7 Å². The summed E-state index contributed by atoms with van der Waals surface area (Å²) in [6.45, 7) is -0.467. The maximum absolute atomic E-state index is 11.8. The number of aromatic nitrogens is 3. The Balaban J connectivity index is 1.70. The summed E-state index contributed by atoms with van der Waals surface area (Å²) >= 11 is 0. The molecule has 1 amide bonds. The molecule has 1 saturated heterocycles. The molecule has 0 saturated carbocycles. The van der Waals surface area contributed by atoms with Gasteiger partial charge in [-0.25, -0.2) is 14.5 Å². The van der Waals surface area contributed by atoms with E-state index in [1.54, 1.807) is 30.3 Å². The summed E-state index contributed by atoms with van der Waals surface area (Å²) in [6.07, 6.45) is -4.35. The van der Waals surface area contributed by atoms with E-state index in [1.165, 1.54) is 6.33 Å². The van der Waals surface area contributed by atoms with Crippen molar-refractivity contribution in [3.8, 4) is 5.75 Å². The number of amides is 1. The molecule has 2 aromatic rings. The number of aliphatic imine (C=N–C) groups is 1. The number of ether oxygens (including phenoxy) is 2. The molecular formula is C15H17N5O6. The molecule has 1 aromatic heterocycles. The SMILES string of the molecule is N/C(=N/C(=O)Oc1ccccc1)c1ncn(C2OC(CO)C(O)C2O)n1. The summed E-state index contributed by atoms with van der Waals surface area (Å²) in [5.41, 5.74) is 5.70. The summed E-state index contributed by atoms with van der Waals surface area (Å²) in [7, 11) is 0. The number of nitrogens with zero attached hydrogens (tertiary/aromatic N) is 4. The minimum absolute atomic E-state index is 0.0900.